The first-order valence-corrected chi connectivity index (χ1v) is 17.3. The zero-order valence-corrected chi connectivity index (χ0v) is 26.7. The highest BCUT2D eigenvalue weighted by atomic mass is 16.5. The molecule has 40 heavy (non-hydrogen) atoms. The topological polar surface area (TPSA) is 63.6 Å². The number of hydrogen-bond acceptors (Lipinski definition) is 3. The van der Waals surface area contributed by atoms with Gasteiger partial charge in [-0.15, -0.1) is 0 Å². The van der Waals surface area contributed by atoms with E-state index in [-0.39, 0.29) is 18.5 Å². The van der Waals surface area contributed by atoms with E-state index in [1.54, 1.807) is 0 Å². The lowest BCUT2D eigenvalue weighted by atomic mass is 10.0. The van der Waals surface area contributed by atoms with Crippen molar-refractivity contribution in [3.8, 4) is 0 Å². The van der Waals surface area contributed by atoms with E-state index in [1.165, 1.54) is 89.9 Å². The minimum absolute atomic E-state index is 0.0241. The minimum atomic E-state index is -0.706. The van der Waals surface area contributed by atoms with Crippen molar-refractivity contribution in [3.63, 3.8) is 0 Å². The Morgan fingerprint density at radius 3 is 1.52 bits per heavy atom. The van der Waals surface area contributed by atoms with E-state index in [4.69, 9.17) is 9.84 Å². The smallest absolute Gasteiger partial charge is 0.306 e. The second kappa shape index (κ2) is 31.9. The van der Waals surface area contributed by atoms with Crippen molar-refractivity contribution >= 4 is 11.9 Å². The number of ether oxygens (including phenoxy) is 1. The molecule has 234 valence electrons. The van der Waals surface area contributed by atoms with Crippen LogP contribution < -0.4 is 0 Å². The fourth-order valence-corrected chi connectivity index (χ4v) is 5.05. The van der Waals surface area contributed by atoms with Crippen LogP contribution in [0, 0.1) is 0 Å². The van der Waals surface area contributed by atoms with E-state index in [9.17, 15) is 9.59 Å². The van der Waals surface area contributed by atoms with Gasteiger partial charge in [-0.25, -0.2) is 0 Å². The quantitative estimate of drug-likeness (QED) is 0.0518. The molecular formula is C36H66O4. The lowest BCUT2D eigenvalue weighted by molar-refractivity contribution is -0.150. The van der Waals surface area contributed by atoms with Crippen LogP contribution in [0.5, 0.6) is 0 Å². The Morgan fingerprint density at radius 1 is 0.525 bits per heavy atom. The van der Waals surface area contributed by atoms with Gasteiger partial charge in [0, 0.05) is 12.8 Å². The van der Waals surface area contributed by atoms with Crippen molar-refractivity contribution in [1.29, 1.82) is 0 Å². The molecule has 0 saturated heterocycles. The van der Waals surface area contributed by atoms with Gasteiger partial charge in [0.15, 0.2) is 0 Å². The van der Waals surface area contributed by atoms with Crippen molar-refractivity contribution in [3.05, 3.63) is 24.3 Å². The number of carbonyl (C=O) groups is 2. The number of carboxylic acids is 1. The molecule has 0 aromatic carbocycles. The third-order valence-electron chi connectivity index (χ3n) is 7.65. The molecule has 1 atom stereocenters. The molecule has 4 nitrogen and oxygen atoms in total. The average molecular weight is 563 g/mol. The van der Waals surface area contributed by atoms with Gasteiger partial charge in [0.1, 0.15) is 6.10 Å². The number of rotatable bonds is 31. The van der Waals surface area contributed by atoms with E-state index in [0.29, 0.717) is 6.42 Å². The van der Waals surface area contributed by atoms with Gasteiger partial charge in [0.05, 0.1) is 0 Å². The van der Waals surface area contributed by atoms with E-state index in [2.05, 4.69) is 38.2 Å². The highest BCUT2D eigenvalue weighted by molar-refractivity contribution is 5.69. The first kappa shape index (κ1) is 38.4. The summed E-state index contributed by atoms with van der Waals surface area (Å²) >= 11 is 0. The van der Waals surface area contributed by atoms with Crippen LogP contribution in [0.2, 0.25) is 0 Å². The third-order valence-corrected chi connectivity index (χ3v) is 7.65. The van der Waals surface area contributed by atoms with E-state index in [1.807, 2.05) is 0 Å². The maximum Gasteiger partial charge on any atom is 0.306 e. The lowest BCUT2D eigenvalue weighted by Crippen LogP contribution is -2.18. The molecule has 0 aliphatic rings. The van der Waals surface area contributed by atoms with Crippen molar-refractivity contribution in [1.82, 2.24) is 0 Å². The SMILES string of the molecule is CCCC/C=C\CCCCCCCC(=O)OC(CCC/C=C\CCCCCCCC)CCCCCCCC(=O)O. The van der Waals surface area contributed by atoms with Gasteiger partial charge >= 0.3 is 11.9 Å². The van der Waals surface area contributed by atoms with Crippen LogP contribution in [-0.4, -0.2) is 23.1 Å². The molecular weight excluding hydrogens is 496 g/mol. The Labute approximate surface area is 248 Å². The summed E-state index contributed by atoms with van der Waals surface area (Å²) in [5, 5.41) is 8.78. The Morgan fingerprint density at radius 2 is 0.950 bits per heavy atom. The summed E-state index contributed by atoms with van der Waals surface area (Å²) in [7, 11) is 0. The Kier molecular flexibility index (Phi) is 30.7. The summed E-state index contributed by atoms with van der Waals surface area (Å²) in [5.74, 6) is -0.730. The number of hydrogen-bond donors (Lipinski definition) is 1. The van der Waals surface area contributed by atoms with Crippen molar-refractivity contribution in [2.75, 3.05) is 0 Å². The number of esters is 1. The van der Waals surface area contributed by atoms with Gasteiger partial charge in [-0.2, -0.15) is 0 Å². The number of unbranched alkanes of at least 4 members (excludes halogenated alkanes) is 18. The molecule has 0 amide bonds. The van der Waals surface area contributed by atoms with Crippen molar-refractivity contribution in [2.24, 2.45) is 0 Å². The third kappa shape index (κ3) is 31.0. The molecule has 1 N–H and O–H groups in total. The molecule has 0 saturated carbocycles. The largest absolute Gasteiger partial charge is 0.481 e. The molecule has 0 aliphatic carbocycles. The monoisotopic (exact) mass is 562 g/mol. The van der Waals surface area contributed by atoms with Crippen LogP contribution in [0.4, 0.5) is 0 Å². The fraction of sp³-hybridized carbons (Fsp3) is 0.833. The molecule has 0 heterocycles. The van der Waals surface area contributed by atoms with Crippen LogP contribution in [0.25, 0.3) is 0 Å². The molecule has 0 bridgehead atoms. The van der Waals surface area contributed by atoms with Crippen LogP contribution in [0.1, 0.15) is 187 Å². The van der Waals surface area contributed by atoms with E-state index < -0.39 is 5.97 Å². The Bertz CT molecular complexity index is 610. The number of carbonyl (C=O) groups excluding carboxylic acids is 1. The summed E-state index contributed by atoms with van der Waals surface area (Å²) in [4.78, 5) is 23.2. The molecule has 0 fully saturated rings. The predicted octanol–water partition coefficient (Wildman–Crippen LogP) is 11.7. The molecule has 1 unspecified atom stereocenters. The fourth-order valence-electron chi connectivity index (χ4n) is 5.05. The summed E-state index contributed by atoms with van der Waals surface area (Å²) in [6.45, 7) is 4.49. The van der Waals surface area contributed by atoms with Crippen molar-refractivity contribution < 1.29 is 19.4 Å². The molecule has 0 aliphatic heterocycles. The van der Waals surface area contributed by atoms with Gasteiger partial charge in [-0.05, 0) is 77.0 Å². The molecule has 4 heteroatoms. The predicted molar refractivity (Wildman–Crippen MR) is 172 cm³/mol. The molecule has 0 spiro atoms. The maximum absolute atomic E-state index is 12.6. The number of aliphatic carboxylic acids is 1. The van der Waals surface area contributed by atoms with Crippen molar-refractivity contribution in [2.45, 2.75) is 193 Å². The summed E-state index contributed by atoms with van der Waals surface area (Å²) in [6, 6.07) is 0. The first-order chi connectivity index (χ1) is 19.6. The maximum atomic E-state index is 12.6. The average Bonchev–Trinajstić information content (AvgIpc) is 2.93. The lowest BCUT2D eigenvalue weighted by Gasteiger charge is -2.18. The van der Waals surface area contributed by atoms with Gasteiger partial charge in [0.25, 0.3) is 0 Å². The van der Waals surface area contributed by atoms with Crippen LogP contribution in [-0.2, 0) is 14.3 Å². The molecule has 0 radical (unpaired) electrons. The van der Waals surface area contributed by atoms with E-state index >= 15 is 0 Å². The molecule has 0 aromatic heterocycles. The Hall–Kier alpha value is -1.58. The minimum Gasteiger partial charge on any atom is -0.481 e. The summed E-state index contributed by atoms with van der Waals surface area (Å²) in [5.41, 5.74) is 0. The molecule has 0 aromatic rings. The van der Waals surface area contributed by atoms with Gasteiger partial charge in [0.2, 0.25) is 0 Å². The first-order valence-electron chi connectivity index (χ1n) is 17.3. The summed E-state index contributed by atoms with van der Waals surface area (Å²) < 4.78 is 5.94. The highest BCUT2D eigenvalue weighted by Crippen LogP contribution is 2.17. The van der Waals surface area contributed by atoms with Crippen LogP contribution in [0.3, 0.4) is 0 Å². The zero-order chi connectivity index (χ0) is 29.4. The second-order valence-electron chi connectivity index (χ2n) is 11.7. The normalized spacial score (nSPS) is 12.4. The van der Waals surface area contributed by atoms with Gasteiger partial charge in [-0.1, -0.05) is 122 Å². The Balaban J connectivity index is 4.14. The molecule has 0 rings (SSSR count). The van der Waals surface area contributed by atoms with Crippen LogP contribution in [0.15, 0.2) is 24.3 Å². The van der Waals surface area contributed by atoms with Gasteiger partial charge in [-0.3, -0.25) is 9.59 Å². The second-order valence-corrected chi connectivity index (χ2v) is 11.7. The highest BCUT2D eigenvalue weighted by Gasteiger charge is 2.14. The number of carboxylic acid groups (broad SMARTS) is 1. The standard InChI is InChI=1S/C36H66O4/c1-3-5-7-9-11-13-15-17-19-22-26-30-34(31-27-23-21-24-28-32-35(37)38)40-36(39)33-29-25-20-18-16-14-12-10-8-6-4-2/h10,12,17,19,34H,3-9,11,13-16,18,20-33H2,1-2H3,(H,37,38)/b12-10-,19-17-. The summed E-state index contributed by atoms with van der Waals surface area (Å²) in [6.07, 6.45) is 39.0. The van der Waals surface area contributed by atoms with Crippen LogP contribution >= 0.6 is 0 Å². The van der Waals surface area contributed by atoms with E-state index in [0.717, 1.165) is 70.6 Å². The van der Waals surface area contributed by atoms with Gasteiger partial charge < -0.3 is 9.84 Å². The number of allylic oxidation sites excluding steroid dienone is 4. The zero-order valence-electron chi connectivity index (χ0n) is 26.7.